The van der Waals surface area contributed by atoms with Crippen LogP contribution in [0.2, 0.25) is 0 Å². The van der Waals surface area contributed by atoms with Crippen LogP contribution in [0.5, 0.6) is 0 Å². The van der Waals surface area contributed by atoms with Gasteiger partial charge in [0.1, 0.15) is 0 Å². The minimum Gasteiger partial charge on any atom is -0.381 e. The van der Waals surface area contributed by atoms with Crippen molar-refractivity contribution in [3.05, 3.63) is 63.8 Å². The van der Waals surface area contributed by atoms with Crippen molar-refractivity contribution in [2.24, 2.45) is 5.41 Å². The van der Waals surface area contributed by atoms with Crippen LogP contribution in [-0.2, 0) is 16.7 Å². The van der Waals surface area contributed by atoms with Crippen LogP contribution < -0.4 is 5.56 Å². The molecule has 3 rings (SSSR count). The Morgan fingerprint density at radius 1 is 1.28 bits per heavy atom. The molecule has 1 N–H and O–H groups in total. The van der Waals surface area contributed by atoms with Crippen molar-refractivity contribution in [2.45, 2.75) is 52.5 Å². The van der Waals surface area contributed by atoms with Gasteiger partial charge in [-0.25, -0.2) is 0 Å². The number of nitrogens with zero attached hydrogens (tertiary/aromatic N) is 2. The summed E-state index contributed by atoms with van der Waals surface area (Å²) in [6, 6.07) is 7.84. The van der Waals surface area contributed by atoms with Crippen molar-refractivity contribution >= 4 is 12.4 Å². The predicted octanol–water partition coefficient (Wildman–Crippen LogP) is 4.10. The Bertz CT molecular complexity index is 814. The lowest BCUT2D eigenvalue weighted by Gasteiger charge is -2.38. The molecule has 1 aliphatic rings. The summed E-state index contributed by atoms with van der Waals surface area (Å²) in [5.41, 5.74) is 3.51. The highest BCUT2D eigenvalue weighted by Crippen LogP contribution is 2.41. The number of ether oxygens (including phenoxy) is 1. The van der Waals surface area contributed by atoms with Crippen LogP contribution in [-0.4, -0.2) is 41.2 Å². The van der Waals surface area contributed by atoms with Crippen LogP contribution >= 0.6 is 12.4 Å². The van der Waals surface area contributed by atoms with Crippen LogP contribution in [0.25, 0.3) is 0 Å². The zero-order valence-electron chi connectivity index (χ0n) is 18.0. The summed E-state index contributed by atoms with van der Waals surface area (Å²) in [4.78, 5) is 21.2. The third-order valence-corrected chi connectivity index (χ3v) is 6.25. The molecular weight excluding hydrogens is 386 g/mol. The fourth-order valence-electron chi connectivity index (χ4n) is 4.14. The highest BCUT2D eigenvalue weighted by atomic mass is 35.5. The van der Waals surface area contributed by atoms with E-state index in [2.05, 4.69) is 47.8 Å². The number of hydrogen-bond acceptors (Lipinski definition) is 4. The first-order chi connectivity index (χ1) is 13.3. The average Bonchev–Trinajstić information content (AvgIpc) is 3.12. The van der Waals surface area contributed by atoms with Crippen LogP contribution in [0.1, 0.15) is 50.4 Å². The first kappa shape index (κ1) is 23.6. The highest BCUT2D eigenvalue weighted by molar-refractivity contribution is 5.85. The van der Waals surface area contributed by atoms with Crippen molar-refractivity contribution in [2.75, 3.05) is 26.3 Å². The molecule has 1 aliphatic heterocycles. The molecule has 6 heteroatoms. The largest absolute Gasteiger partial charge is 0.381 e. The predicted molar refractivity (Wildman–Crippen MR) is 120 cm³/mol. The molecule has 3 heterocycles. The number of rotatable bonds is 8. The first-order valence-corrected chi connectivity index (χ1v) is 10.3. The fourth-order valence-corrected chi connectivity index (χ4v) is 4.14. The maximum absolute atomic E-state index is 11.3. The van der Waals surface area contributed by atoms with E-state index in [1.165, 1.54) is 11.1 Å². The molecule has 0 aliphatic carbocycles. The molecule has 0 spiro atoms. The van der Waals surface area contributed by atoms with Gasteiger partial charge < -0.3 is 9.72 Å². The Hall–Kier alpha value is -1.69. The van der Waals surface area contributed by atoms with Crippen LogP contribution in [0.4, 0.5) is 0 Å². The van der Waals surface area contributed by atoms with Gasteiger partial charge in [0.2, 0.25) is 5.56 Å². The number of hydrogen-bond donors (Lipinski definition) is 1. The summed E-state index contributed by atoms with van der Waals surface area (Å²) in [6.45, 7) is 12.3. The van der Waals surface area contributed by atoms with Gasteiger partial charge in [-0.2, -0.15) is 0 Å². The van der Waals surface area contributed by atoms with Gasteiger partial charge in [0, 0.05) is 48.3 Å². The van der Waals surface area contributed by atoms with Crippen molar-refractivity contribution < 1.29 is 4.74 Å². The summed E-state index contributed by atoms with van der Waals surface area (Å²) in [5.74, 6) is 0. The van der Waals surface area contributed by atoms with Crippen molar-refractivity contribution in [3.63, 3.8) is 0 Å². The molecule has 0 radical (unpaired) electrons. The quantitative estimate of drug-likeness (QED) is 0.699. The second kappa shape index (κ2) is 9.88. The molecule has 1 fully saturated rings. The lowest BCUT2D eigenvalue weighted by Crippen LogP contribution is -2.42. The smallest absolute Gasteiger partial charge is 0.247 e. The molecule has 29 heavy (non-hydrogen) atoms. The molecule has 5 nitrogen and oxygen atoms in total. The Labute approximate surface area is 180 Å². The van der Waals surface area contributed by atoms with E-state index in [1.54, 1.807) is 6.07 Å². The maximum Gasteiger partial charge on any atom is 0.247 e. The Kier molecular flexibility index (Phi) is 8.03. The van der Waals surface area contributed by atoms with E-state index < -0.39 is 0 Å². The van der Waals surface area contributed by atoms with Gasteiger partial charge >= 0.3 is 0 Å². The molecule has 0 bridgehead atoms. The topological polar surface area (TPSA) is 58.2 Å². The van der Waals surface area contributed by atoms with E-state index in [-0.39, 0.29) is 28.9 Å². The van der Waals surface area contributed by atoms with E-state index in [0.717, 1.165) is 51.3 Å². The van der Waals surface area contributed by atoms with Gasteiger partial charge in [0.25, 0.3) is 0 Å². The molecular formula is C23H34ClN3O2. The van der Waals surface area contributed by atoms with Crippen LogP contribution in [0.3, 0.4) is 0 Å². The SMILES string of the molecule is CCOC[C@]1(CCc2ccc(=O)[nH]c2)CCN(C(C)(C)c2ccc(C)nc2)C1.Cl. The van der Waals surface area contributed by atoms with Gasteiger partial charge in [-0.3, -0.25) is 14.7 Å². The first-order valence-electron chi connectivity index (χ1n) is 10.3. The van der Waals surface area contributed by atoms with E-state index in [1.807, 2.05) is 25.4 Å². The normalized spacial score (nSPS) is 19.9. The Balaban J connectivity index is 0.00000300. The van der Waals surface area contributed by atoms with E-state index in [0.29, 0.717) is 0 Å². The number of aryl methyl sites for hydroxylation is 2. The number of aromatic nitrogens is 2. The second-order valence-electron chi connectivity index (χ2n) is 8.62. The van der Waals surface area contributed by atoms with Gasteiger partial charge in [0.05, 0.1) is 6.61 Å². The minimum atomic E-state index is -0.0628. The standard InChI is InChI=1S/C23H33N3O2.ClH/c1-5-28-17-23(11-10-19-7-9-21(27)25-14-19)12-13-26(16-23)22(3,4)20-8-6-18(2)24-15-20;/h6-9,14-15H,5,10-13,16-17H2,1-4H3,(H,25,27);1H/t23-;/m1./s1. The molecule has 0 saturated carbocycles. The van der Waals surface area contributed by atoms with E-state index in [4.69, 9.17) is 4.74 Å². The van der Waals surface area contributed by atoms with Crippen LogP contribution in [0, 0.1) is 12.3 Å². The molecule has 1 atom stereocenters. The summed E-state index contributed by atoms with van der Waals surface area (Å²) < 4.78 is 5.91. The second-order valence-corrected chi connectivity index (χ2v) is 8.62. The average molecular weight is 420 g/mol. The van der Waals surface area contributed by atoms with Gasteiger partial charge in [0.15, 0.2) is 0 Å². The summed E-state index contributed by atoms with van der Waals surface area (Å²) in [7, 11) is 0. The van der Waals surface area contributed by atoms with Crippen molar-refractivity contribution in [3.8, 4) is 0 Å². The minimum absolute atomic E-state index is 0. The third kappa shape index (κ3) is 5.68. The Morgan fingerprint density at radius 2 is 2.07 bits per heavy atom. The summed E-state index contributed by atoms with van der Waals surface area (Å²) in [6.07, 6.45) is 6.98. The zero-order valence-corrected chi connectivity index (χ0v) is 18.8. The Morgan fingerprint density at radius 3 is 2.69 bits per heavy atom. The van der Waals surface area contributed by atoms with Crippen molar-refractivity contribution in [1.82, 2.24) is 14.9 Å². The third-order valence-electron chi connectivity index (χ3n) is 6.25. The summed E-state index contributed by atoms with van der Waals surface area (Å²) >= 11 is 0. The lowest BCUT2D eigenvalue weighted by atomic mass is 9.82. The molecule has 0 unspecified atom stereocenters. The molecule has 0 amide bonds. The number of likely N-dealkylation sites (tertiary alicyclic amines) is 1. The zero-order chi connectivity index (χ0) is 20.2. The summed E-state index contributed by atoms with van der Waals surface area (Å²) in [5, 5.41) is 0. The van der Waals surface area contributed by atoms with E-state index in [9.17, 15) is 4.79 Å². The maximum atomic E-state index is 11.3. The van der Waals surface area contributed by atoms with E-state index >= 15 is 0 Å². The number of pyridine rings is 2. The number of aromatic amines is 1. The fraction of sp³-hybridized carbons (Fsp3) is 0.565. The number of halogens is 1. The molecule has 2 aromatic rings. The number of nitrogens with one attached hydrogen (secondary N) is 1. The molecule has 0 aromatic carbocycles. The number of H-pyrrole nitrogens is 1. The van der Waals surface area contributed by atoms with Crippen molar-refractivity contribution in [1.29, 1.82) is 0 Å². The van der Waals surface area contributed by atoms with Gasteiger partial charge in [-0.05, 0) is 70.7 Å². The highest BCUT2D eigenvalue weighted by Gasteiger charge is 2.43. The molecule has 160 valence electrons. The van der Waals surface area contributed by atoms with Crippen LogP contribution in [0.15, 0.2) is 41.5 Å². The van der Waals surface area contributed by atoms with Gasteiger partial charge in [-0.1, -0.05) is 12.1 Å². The monoisotopic (exact) mass is 419 g/mol. The molecule has 1 saturated heterocycles. The van der Waals surface area contributed by atoms with Gasteiger partial charge in [-0.15, -0.1) is 12.4 Å². The molecule has 2 aromatic heterocycles. The lowest BCUT2D eigenvalue weighted by molar-refractivity contribution is 0.0384.